The topological polar surface area (TPSA) is 39.7 Å². The van der Waals surface area contributed by atoms with E-state index in [2.05, 4.69) is 95.7 Å². The Morgan fingerprint density at radius 3 is 2.77 bits per heavy atom. The number of nitrogens with zero attached hydrogens (tertiary/aromatic N) is 2. The summed E-state index contributed by atoms with van der Waals surface area (Å²) >= 11 is 0. The van der Waals surface area contributed by atoms with Crippen LogP contribution in [0.25, 0.3) is 22.2 Å². The van der Waals surface area contributed by atoms with Crippen molar-refractivity contribution >= 4 is 39.4 Å². The number of rotatable bonds is 8. The fourth-order valence-electron chi connectivity index (χ4n) is 5.36. The third kappa shape index (κ3) is 4.37. The molecule has 0 radical (unpaired) electrons. The summed E-state index contributed by atoms with van der Waals surface area (Å²) in [5.74, 6) is 0.878. The van der Waals surface area contributed by atoms with Crippen LogP contribution in [0, 0.1) is 0 Å². The Morgan fingerprint density at radius 2 is 1.97 bits per heavy atom. The molecule has 178 valence electrons. The number of amidine groups is 1. The molecule has 5 rings (SSSR count). The fourth-order valence-corrected chi connectivity index (χ4v) is 5.36. The second-order valence-electron chi connectivity index (χ2n) is 9.54. The summed E-state index contributed by atoms with van der Waals surface area (Å²) in [6, 6.07) is 18.0. The van der Waals surface area contributed by atoms with Gasteiger partial charge in [-0.2, -0.15) is 0 Å². The standard InChI is InChI=1S/C31H34N4/c1-6-8-9-27(7-2)35-19-25-17-26(13-14-28(25)21(35)4)32-18-23-10-11-24-12-15-30-31(29(24)16-23)20(3)33-22(5)34-30/h6,10-17,27,32H,1,3-4,7-9,18-19H2,2,5H3,(H,33,34). The van der Waals surface area contributed by atoms with Crippen LogP contribution < -0.4 is 10.6 Å². The third-order valence-electron chi connectivity index (χ3n) is 7.20. The zero-order valence-corrected chi connectivity index (χ0v) is 20.8. The van der Waals surface area contributed by atoms with E-state index in [1.807, 2.05) is 13.0 Å². The summed E-state index contributed by atoms with van der Waals surface area (Å²) < 4.78 is 0. The third-order valence-corrected chi connectivity index (χ3v) is 7.20. The molecule has 2 heterocycles. The molecule has 0 bridgehead atoms. The molecule has 0 aromatic heterocycles. The van der Waals surface area contributed by atoms with E-state index < -0.39 is 0 Å². The van der Waals surface area contributed by atoms with Crippen molar-refractivity contribution < 1.29 is 0 Å². The van der Waals surface area contributed by atoms with Crippen molar-refractivity contribution in [3.8, 4) is 0 Å². The van der Waals surface area contributed by atoms with Gasteiger partial charge in [0.25, 0.3) is 0 Å². The zero-order chi connectivity index (χ0) is 24.5. The van der Waals surface area contributed by atoms with Crippen LogP contribution in [0.5, 0.6) is 0 Å². The minimum Gasteiger partial charge on any atom is -0.381 e. The lowest BCUT2D eigenvalue weighted by atomic mass is 9.97. The highest BCUT2D eigenvalue weighted by Crippen LogP contribution is 2.37. The van der Waals surface area contributed by atoms with Crippen molar-refractivity contribution in [2.45, 2.75) is 52.2 Å². The van der Waals surface area contributed by atoms with Gasteiger partial charge in [0.05, 0.1) is 5.69 Å². The molecule has 3 aromatic rings. The van der Waals surface area contributed by atoms with Crippen molar-refractivity contribution in [1.29, 1.82) is 0 Å². The van der Waals surface area contributed by atoms with Crippen molar-refractivity contribution in [2.75, 3.05) is 5.32 Å². The van der Waals surface area contributed by atoms with Gasteiger partial charge >= 0.3 is 0 Å². The van der Waals surface area contributed by atoms with Gasteiger partial charge in [-0.25, -0.2) is 4.99 Å². The first kappa shape index (κ1) is 23.0. The number of benzene rings is 3. The molecule has 0 saturated carbocycles. The minimum atomic E-state index is 0.505. The van der Waals surface area contributed by atoms with E-state index in [1.165, 1.54) is 27.5 Å². The summed E-state index contributed by atoms with van der Waals surface area (Å²) in [6.45, 7) is 18.4. The lowest BCUT2D eigenvalue weighted by Crippen LogP contribution is -2.28. The van der Waals surface area contributed by atoms with Crippen LogP contribution in [-0.4, -0.2) is 16.8 Å². The normalized spacial score (nSPS) is 15.4. The smallest absolute Gasteiger partial charge is 0.103 e. The van der Waals surface area contributed by atoms with Crippen LogP contribution in [0.1, 0.15) is 55.4 Å². The van der Waals surface area contributed by atoms with Crippen molar-refractivity contribution in [3.05, 3.63) is 96.6 Å². The molecule has 2 aliphatic heterocycles. The fraction of sp³-hybridized carbons (Fsp3) is 0.258. The molecule has 0 fully saturated rings. The van der Waals surface area contributed by atoms with Gasteiger partial charge in [-0.05, 0) is 72.4 Å². The molecule has 0 aliphatic carbocycles. The molecule has 3 aromatic carbocycles. The van der Waals surface area contributed by atoms with Gasteiger partial charge in [-0.3, -0.25) is 0 Å². The predicted octanol–water partition coefficient (Wildman–Crippen LogP) is 7.61. The van der Waals surface area contributed by atoms with Crippen LogP contribution in [0.3, 0.4) is 0 Å². The molecule has 4 nitrogen and oxygen atoms in total. The van der Waals surface area contributed by atoms with E-state index in [1.54, 1.807) is 0 Å². The Morgan fingerprint density at radius 1 is 1.14 bits per heavy atom. The predicted molar refractivity (Wildman–Crippen MR) is 151 cm³/mol. The van der Waals surface area contributed by atoms with E-state index in [9.17, 15) is 0 Å². The Kier molecular flexibility index (Phi) is 6.21. The summed E-state index contributed by atoms with van der Waals surface area (Å²) in [7, 11) is 0. The van der Waals surface area contributed by atoms with Crippen LogP contribution in [0.15, 0.2) is 79.3 Å². The number of hydrogen-bond donors (Lipinski definition) is 2. The zero-order valence-electron chi connectivity index (χ0n) is 20.8. The van der Waals surface area contributed by atoms with E-state index >= 15 is 0 Å². The van der Waals surface area contributed by atoms with Gasteiger partial charge in [0, 0.05) is 47.3 Å². The number of aliphatic imine (C=N–C) groups is 1. The van der Waals surface area contributed by atoms with Gasteiger partial charge in [0.2, 0.25) is 0 Å². The first-order valence-electron chi connectivity index (χ1n) is 12.5. The number of allylic oxidation sites excluding steroid dienone is 1. The van der Waals surface area contributed by atoms with Crippen LogP contribution in [-0.2, 0) is 13.1 Å². The van der Waals surface area contributed by atoms with Gasteiger partial charge in [0.1, 0.15) is 5.84 Å². The summed E-state index contributed by atoms with van der Waals surface area (Å²) in [5, 5.41) is 9.30. The molecule has 0 saturated heterocycles. The van der Waals surface area contributed by atoms with Crippen molar-refractivity contribution in [3.63, 3.8) is 0 Å². The average molecular weight is 463 g/mol. The summed E-state index contributed by atoms with van der Waals surface area (Å²) in [5.41, 5.74) is 9.11. The highest BCUT2D eigenvalue weighted by Gasteiger charge is 2.27. The van der Waals surface area contributed by atoms with E-state index in [0.29, 0.717) is 6.04 Å². The maximum absolute atomic E-state index is 4.66. The van der Waals surface area contributed by atoms with Crippen molar-refractivity contribution in [2.24, 2.45) is 4.99 Å². The lowest BCUT2D eigenvalue weighted by molar-refractivity contribution is 0.278. The quantitative estimate of drug-likeness (QED) is 0.338. The number of hydrogen-bond acceptors (Lipinski definition) is 4. The van der Waals surface area contributed by atoms with E-state index in [0.717, 1.165) is 66.5 Å². The highest BCUT2D eigenvalue weighted by molar-refractivity contribution is 6.05. The first-order chi connectivity index (χ1) is 17.0. The minimum absolute atomic E-state index is 0.505. The monoisotopic (exact) mass is 462 g/mol. The van der Waals surface area contributed by atoms with Crippen LogP contribution in [0.2, 0.25) is 0 Å². The lowest BCUT2D eigenvalue weighted by Gasteiger charge is -2.29. The van der Waals surface area contributed by atoms with Crippen LogP contribution >= 0.6 is 0 Å². The molecular formula is C31H34N4. The highest BCUT2D eigenvalue weighted by atomic mass is 15.2. The van der Waals surface area contributed by atoms with Gasteiger partial charge in [0.15, 0.2) is 0 Å². The van der Waals surface area contributed by atoms with E-state index in [-0.39, 0.29) is 0 Å². The Labute approximate surface area is 208 Å². The number of anilines is 1. The molecule has 0 spiro atoms. The number of nitrogens with one attached hydrogen (secondary N) is 2. The molecule has 1 unspecified atom stereocenters. The van der Waals surface area contributed by atoms with Crippen LogP contribution in [0.4, 0.5) is 11.4 Å². The largest absolute Gasteiger partial charge is 0.381 e. The molecular weight excluding hydrogens is 428 g/mol. The molecule has 35 heavy (non-hydrogen) atoms. The molecule has 2 aliphatic rings. The SMILES string of the molecule is C=CCCC(CC)N1Cc2cc(NCc3ccc4ccc5c(c4c3)C(=C)NC(C)=N5)ccc2C1=C. The second-order valence-corrected chi connectivity index (χ2v) is 9.54. The molecule has 1 atom stereocenters. The molecule has 4 heteroatoms. The average Bonchev–Trinajstić information content (AvgIpc) is 3.18. The van der Waals surface area contributed by atoms with Gasteiger partial charge < -0.3 is 15.5 Å². The maximum atomic E-state index is 4.66. The maximum Gasteiger partial charge on any atom is 0.103 e. The number of fused-ring (bicyclic) bond motifs is 4. The van der Waals surface area contributed by atoms with Crippen molar-refractivity contribution in [1.82, 2.24) is 10.2 Å². The second kappa shape index (κ2) is 9.46. The Hall–Kier alpha value is -3.79. The Bertz CT molecular complexity index is 1360. The first-order valence-corrected chi connectivity index (χ1v) is 12.5. The van der Waals surface area contributed by atoms with E-state index in [4.69, 9.17) is 0 Å². The molecule has 0 amide bonds. The summed E-state index contributed by atoms with van der Waals surface area (Å²) in [4.78, 5) is 7.13. The Balaban J connectivity index is 1.34. The van der Waals surface area contributed by atoms with Gasteiger partial charge in [-0.15, -0.1) is 6.58 Å². The molecule has 2 N–H and O–H groups in total. The van der Waals surface area contributed by atoms with Gasteiger partial charge in [-0.1, -0.05) is 50.4 Å². The summed E-state index contributed by atoms with van der Waals surface area (Å²) in [6.07, 6.45) is 5.29.